The minimum atomic E-state index is -5.36. The van der Waals surface area contributed by atoms with Crippen LogP contribution in [-0.4, -0.2) is 37.3 Å². The van der Waals surface area contributed by atoms with Crippen LogP contribution in [0.25, 0.3) is 0 Å². The Balaban J connectivity index is 0.000000370. The molecule has 11 heteroatoms. The Kier molecular flexibility index (Phi) is 5.06. The molecule has 1 fully saturated rings. The SMILES string of the molecule is CC(C)(CN)C(F)(F)F.FC(F)(F)C1(C(F)(F)F)CO1. The minimum Gasteiger partial charge on any atom is -0.352 e. The number of hydrogen-bond acceptors (Lipinski definition) is 2. The molecule has 2 N–H and O–H groups in total. The molecular formula is C9H12F9NO. The lowest BCUT2D eigenvalue weighted by atomic mass is 9.93. The highest BCUT2D eigenvalue weighted by Crippen LogP contribution is 2.53. The smallest absolute Gasteiger partial charge is 0.352 e. The molecule has 0 aromatic carbocycles. The van der Waals surface area contributed by atoms with Crippen LogP contribution < -0.4 is 5.73 Å². The molecule has 0 amide bonds. The summed E-state index contributed by atoms with van der Waals surface area (Å²) in [5, 5.41) is 0. The summed E-state index contributed by atoms with van der Waals surface area (Å²) in [6.45, 7) is 0.469. The zero-order chi connectivity index (χ0) is 16.6. The summed E-state index contributed by atoms with van der Waals surface area (Å²) in [5.41, 5.74) is -0.746. The zero-order valence-corrected chi connectivity index (χ0v) is 10.3. The van der Waals surface area contributed by atoms with E-state index in [1.807, 2.05) is 0 Å². The van der Waals surface area contributed by atoms with Crippen molar-refractivity contribution in [3.05, 3.63) is 0 Å². The molecule has 0 atom stereocenters. The van der Waals surface area contributed by atoms with Crippen molar-refractivity contribution >= 4 is 0 Å². The normalized spacial score (nSPS) is 19.2. The van der Waals surface area contributed by atoms with Gasteiger partial charge in [0.2, 0.25) is 0 Å². The van der Waals surface area contributed by atoms with Crippen molar-refractivity contribution in [3.63, 3.8) is 0 Å². The summed E-state index contributed by atoms with van der Waals surface area (Å²) < 4.78 is 108. The fourth-order valence-corrected chi connectivity index (χ4v) is 0.676. The molecule has 0 spiro atoms. The van der Waals surface area contributed by atoms with Crippen molar-refractivity contribution in [1.29, 1.82) is 0 Å². The van der Waals surface area contributed by atoms with E-state index in [0.29, 0.717) is 0 Å². The summed E-state index contributed by atoms with van der Waals surface area (Å²) in [6.07, 6.45) is -14.9. The third-order valence-corrected chi connectivity index (χ3v) is 2.63. The van der Waals surface area contributed by atoms with Gasteiger partial charge in [0.25, 0.3) is 5.60 Å². The number of nitrogens with two attached hydrogens (primary N) is 1. The van der Waals surface area contributed by atoms with Crippen LogP contribution in [0.1, 0.15) is 13.8 Å². The van der Waals surface area contributed by atoms with Crippen molar-refractivity contribution in [2.45, 2.75) is 38.0 Å². The van der Waals surface area contributed by atoms with Crippen LogP contribution in [0, 0.1) is 5.41 Å². The molecule has 1 heterocycles. The van der Waals surface area contributed by atoms with Crippen molar-refractivity contribution in [2.75, 3.05) is 13.2 Å². The molecule has 122 valence electrons. The second-order valence-corrected chi connectivity index (χ2v) is 4.70. The minimum absolute atomic E-state index is 0.365. The van der Waals surface area contributed by atoms with E-state index in [2.05, 4.69) is 4.74 Å². The summed E-state index contributed by atoms with van der Waals surface area (Å²) in [4.78, 5) is 0. The quantitative estimate of drug-likeness (QED) is 0.594. The standard InChI is InChI=1S/C5H10F3N.C4H2F6O/c1-4(2,3-9)5(6,7)8;5-3(6,7)2(1-11-2)4(8,9)10/h3,9H2,1-2H3;1H2. The maximum absolute atomic E-state index is 11.8. The van der Waals surface area contributed by atoms with Gasteiger partial charge in [0, 0.05) is 6.54 Å². The Bertz CT molecular complexity index is 308. The molecule has 1 aliphatic rings. The van der Waals surface area contributed by atoms with Crippen LogP contribution >= 0.6 is 0 Å². The van der Waals surface area contributed by atoms with Gasteiger partial charge in [0.1, 0.15) is 0 Å². The maximum atomic E-state index is 11.8. The highest BCUT2D eigenvalue weighted by atomic mass is 19.4. The van der Waals surface area contributed by atoms with Gasteiger partial charge in [0.05, 0.1) is 12.0 Å². The van der Waals surface area contributed by atoms with Gasteiger partial charge in [-0.25, -0.2) is 0 Å². The first kappa shape index (κ1) is 19.3. The lowest BCUT2D eigenvalue weighted by Gasteiger charge is -2.25. The number of ether oxygens (including phenoxy) is 1. The fraction of sp³-hybridized carbons (Fsp3) is 1.00. The number of epoxide rings is 1. The Morgan fingerprint density at radius 1 is 0.900 bits per heavy atom. The summed E-state index contributed by atoms with van der Waals surface area (Å²) >= 11 is 0. The van der Waals surface area contributed by atoms with Gasteiger partial charge in [0.15, 0.2) is 0 Å². The predicted octanol–water partition coefficient (Wildman–Crippen LogP) is 3.41. The van der Waals surface area contributed by atoms with E-state index in [9.17, 15) is 39.5 Å². The van der Waals surface area contributed by atoms with E-state index in [1.54, 1.807) is 0 Å². The fourth-order valence-electron chi connectivity index (χ4n) is 0.676. The highest BCUT2D eigenvalue weighted by Gasteiger charge is 2.80. The molecule has 0 radical (unpaired) electrons. The third-order valence-electron chi connectivity index (χ3n) is 2.63. The number of rotatable bonds is 1. The first-order valence-electron chi connectivity index (χ1n) is 5.06. The molecule has 0 unspecified atom stereocenters. The van der Waals surface area contributed by atoms with Crippen LogP contribution in [0.3, 0.4) is 0 Å². The van der Waals surface area contributed by atoms with Crippen molar-refractivity contribution in [1.82, 2.24) is 0 Å². The Hall–Kier alpha value is -0.710. The molecule has 2 nitrogen and oxygen atoms in total. The van der Waals surface area contributed by atoms with Gasteiger partial charge in [-0.2, -0.15) is 39.5 Å². The predicted molar refractivity (Wildman–Crippen MR) is 49.7 cm³/mol. The van der Waals surface area contributed by atoms with E-state index in [4.69, 9.17) is 5.73 Å². The average molecular weight is 321 g/mol. The van der Waals surface area contributed by atoms with E-state index in [-0.39, 0.29) is 6.54 Å². The topological polar surface area (TPSA) is 38.5 Å². The largest absolute Gasteiger partial charge is 0.428 e. The molecule has 0 saturated carbocycles. The monoisotopic (exact) mass is 321 g/mol. The third kappa shape index (κ3) is 3.90. The molecular weight excluding hydrogens is 309 g/mol. The lowest BCUT2D eigenvalue weighted by molar-refractivity contribution is -0.291. The zero-order valence-electron chi connectivity index (χ0n) is 10.3. The summed E-state index contributed by atoms with van der Waals surface area (Å²) in [7, 11) is 0. The average Bonchev–Trinajstić information content (AvgIpc) is 2.94. The highest BCUT2D eigenvalue weighted by molar-refractivity contribution is 5.05. The van der Waals surface area contributed by atoms with Crippen LogP contribution in [-0.2, 0) is 4.74 Å². The van der Waals surface area contributed by atoms with Gasteiger partial charge in [-0.3, -0.25) is 0 Å². The Morgan fingerprint density at radius 2 is 1.20 bits per heavy atom. The van der Waals surface area contributed by atoms with Gasteiger partial charge in [-0.1, -0.05) is 0 Å². The van der Waals surface area contributed by atoms with E-state index in [0.717, 1.165) is 13.8 Å². The van der Waals surface area contributed by atoms with Crippen LogP contribution in [0.2, 0.25) is 0 Å². The van der Waals surface area contributed by atoms with Crippen LogP contribution in [0.15, 0.2) is 0 Å². The summed E-state index contributed by atoms with van der Waals surface area (Å²) in [5.74, 6) is 0. The lowest BCUT2D eigenvalue weighted by Crippen LogP contribution is -2.46. The van der Waals surface area contributed by atoms with E-state index < -0.39 is 36.2 Å². The Labute approximate surface area is 108 Å². The van der Waals surface area contributed by atoms with Crippen molar-refractivity contribution in [3.8, 4) is 0 Å². The summed E-state index contributed by atoms with van der Waals surface area (Å²) in [6, 6.07) is 0. The van der Waals surface area contributed by atoms with E-state index in [1.165, 1.54) is 0 Å². The molecule has 0 aliphatic carbocycles. The first-order valence-corrected chi connectivity index (χ1v) is 5.06. The maximum Gasteiger partial charge on any atom is 0.428 e. The van der Waals surface area contributed by atoms with Crippen molar-refractivity contribution in [2.24, 2.45) is 11.1 Å². The van der Waals surface area contributed by atoms with Gasteiger partial charge in [-0.15, -0.1) is 0 Å². The molecule has 0 aromatic heterocycles. The number of halogens is 9. The van der Waals surface area contributed by atoms with Crippen LogP contribution in [0.4, 0.5) is 39.5 Å². The van der Waals surface area contributed by atoms with E-state index >= 15 is 0 Å². The number of alkyl halides is 9. The second-order valence-electron chi connectivity index (χ2n) is 4.70. The molecule has 0 bridgehead atoms. The van der Waals surface area contributed by atoms with Gasteiger partial charge >= 0.3 is 18.5 Å². The molecule has 1 aliphatic heterocycles. The molecule has 1 rings (SSSR count). The second kappa shape index (κ2) is 5.24. The first-order chi connectivity index (χ1) is 8.52. The Morgan fingerprint density at radius 3 is 1.20 bits per heavy atom. The molecule has 20 heavy (non-hydrogen) atoms. The van der Waals surface area contributed by atoms with Gasteiger partial charge in [-0.05, 0) is 13.8 Å². The van der Waals surface area contributed by atoms with Gasteiger partial charge < -0.3 is 10.5 Å². The van der Waals surface area contributed by atoms with Crippen molar-refractivity contribution < 1.29 is 44.3 Å². The molecule has 1 saturated heterocycles. The van der Waals surface area contributed by atoms with Crippen LogP contribution in [0.5, 0.6) is 0 Å². The molecule has 0 aromatic rings. The number of hydrogen-bond donors (Lipinski definition) is 1.